The molecule has 3 nitrogen and oxygen atoms in total. The predicted octanol–water partition coefficient (Wildman–Crippen LogP) is 9.26. The molecule has 0 unspecified atom stereocenters. The molecule has 3 atom stereocenters. The molecule has 2 aliphatic rings. The second kappa shape index (κ2) is 10.6. The molecule has 1 aliphatic carbocycles. The van der Waals surface area contributed by atoms with Gasteiger partial charge in [0, 0.05) is 22.8 Å². The molecular formula is C32H26BrClN2O. The number of nitrogens with one attached hydrogen (secondary N) is 1. The Morgan fingerprint density at radius 2 is 1.84 bits per heavy atom. The van der Waals surface area contributed by atoms with E-state index >= 15 is 0 Å². The molecule has 0 saturated heterocycles. The maximum Gasteiger partial charge on any atom is 0.134 e. The summed E-state index contributed by atoms with van der Waals surface area (Å²) in [5.41, 5.74) is 6.91. The Bertz CT molecular complexity index is 1480. The largest absolute Gasteiger partial charge is 0.488 e. The molecule has 4 aromatic rings. The van der Waals surface area contributed by atoms with Crippen LogP contribution in [0.2, 0.25) is 5.02 Å². The molecule has 184 valence electrons. The van der Waals surface area contributed by atoms with Crippen LogP contribution in [0.4, 0.5) is 11.4 Å². The van der Waals surface area contributed by atoms with Crippen LogP contribution in [0.3, 0.4) is 0 Å². The molecule has 0 radical (unpaired) electrons. The van der Waals surface area contributed by atoms with Crippen LogP contribution < -0.4 is 10.1 Å². The van der Waals surface area contributed by atoms with Gasteiger partial charge in [-0.15, -0.1) is 0 Å². The van der Waals surface area contributed by atoms with Crippen LogP contribution in [-0.2, 0) is 6.61 Å². The number of nitrogens with zero attached hydrogens (tertiary/aromatic N) is 1. The van der Waals surface area contributed by atoms with Gasteiger partial charge in [-0.2, -0.15) is 0 Å². The van der Waals surface area contributed by atoms with Gasteiger partial charge in [-0.05, 0) is 99.1 Å². The number of ether oxygens (including phenoxy) is 1. The van der Waals surface area contributed by atoms with Gasteiger partial charge >= 0.3 is 0 Å². The van der Waals surface area contributed by atoms with E-state index in [1.165, 1.54) is 16.8 Å². The third-order valence-electron chi connectivity index (χ3n) is 7.13. The van der Waals surface area contributed by atoms with Gasteiger partial charge in [0.2, 0.25) is 0 Å². The van der Waals surface area contributed by atoms with Crippen LogP contribution in [0.1, 0.15) is 40.6 Å². The van der Waals surface area contributed by atoms with Crippen molar-refractivity contribution in [2.45, 2.75) is 25.0 Å². The zero-order valence-corrected chi connectivity index (χ0v) is 22.5. The number of hydrogen-bond donors (Lipinski definition) is 1. The number of rotatable bonds is 6. The number of anilines is 1. The lowest BCUT2D eigenvalue weighted by Crippen LogP contribution is -2.28. The Labute approximate surface area is 231 Å². The molecule has 0 amide bonds. The van der Waals surface area contributed by atoms with Crippen molar-refractivity contribution < 1.29 is 4.74 Å². The van der Waals surface area contributed by atoms with Crippen molar-refractivity contribution in [3.05, 3.63) is 135 Å². The second-order valence-corrected chi connectivity index (χ2v) is 10.8. The highest BCUT2D eigenvalue weighted by Gasteiger charge is 2.37. The van der Waals surface area contributed by atoms with Crippen LogP contribution >= 0.6 is 27.5 Å². The first-order chi connectivity index (χ1) is 18.1. The Hall–Kier alpha value is -3.34. The minimum atomic E-state index is 0.295. The Kier molecular flexibility index (Phi) is 6.86. The lowest BCUT2D eigenvalue weighted by molar-refractivity contribution is 0.304. The summed E-state index contributed by atoms with van der Waals surface area (Å²) in [6.07, 6.45) is 7.69. The van der Waals surface area contributed by atoms with Crippen molar-refractivity contribution in [2.75, 3.05) is 5.32 Å². The summed E-state index contributed by atoms with van der Waals surface area (Å²) in [5.74, 6) is 1.81. The number of fused-ring (bicyclic) bond motifs is 3. The molecule has 1 aliphatic heterocycles. The summed E-state index contributed by atoms with van der Waals surface area (Å²) in [6, 6.07) is 31.3. The molecule has 0 saturated carbocycles. The number of halogens is 2. The number of benzene rings is 4. The van der Waals surface area contributed by atoms with E-state index in [0.29, 0.717) is 29.5 Å². The molecule has 0 fully saturated rings. The molecule has 6 rings (SSSR count). The maximum atomic E-state index is 6.07. The van der Waals surface area contributed by atoms with Crippen molar-refractivity contribution in [3.63, 3.8) is 0 Å². The highest BCUT2D eigenvalue weighted by atomic mass is 79.9. The zero-order chi connectivity index (χ0) is 25.2. The van der Waals surface area contributed by atoms with Crippen LogP contribution in [0.15, 0.2) is 113 Å². The first kappa shape index (κ1) is 24.0. The highest BCUT2D eigenvalue weighted by molar-refractivity contribution is 9.10. The Balaban J connectivity index is 1.12. The monoisotopic (exact) mass is 568 g/mol. The van der Waals surface area contributed by atoms with E-state index in [-0.39, 0.29) is 0 Å². The summed E-state index contributed by atoms with van der Waals surface area (Å²) >= 11 is 9.69. The average molecular weight is 570 g/mol. The normalized spacial score (nSPS) is 19.9. The van der Waals surface area contributed by atoms with E-state index in [1.54, 1.807) is 0 Å². The van der Waals surface area contributed by atoms with Crippen LogP contribution in [-0.4, -0.2) is 6.21 Å². The summed E-state index contributed by atoms with van der Waals surface area (Å²) in [5, 5.41) is 4.50. The lowest BCUT2D eigenvalue weighted by atomic mass is 9.77. The summed E-state index contributed by atoms with van der Waals surface area (Å²) in [7, 11) is 0. The second-order valence-electron chi connectivity index (χ2n) is 9.52. The standard InChI is InChI=1S/C32H26BrClN2O/c33-29-18-21(11-16-31(29)37-20-22-5-3-6-24(34)17-22)19-35-25-14-12-23(13-15-25)32-28-9-4-8-26(28)27-7-1-2-10-30(27)36-32/h1-8,10-19,26,28,32,36H,9,20H2/t26-,28+,32-/m0/s1. The van der Waals surface area contributed by atoms with Gasteiger partial charge in [-0.1, -0.05) is 66.2 Å². The van der Waals surface area contributed by atoms with Gasteiger partial charge in [-0.25, -0.2) is 0 Å². The smallest absolute Gasteiger partial charge is 0.134 e. The Morgan fingerprint density at radius 1 is 0.973 bits per heavy atom. The molecule has 0 spiro atoms. The predicted molar refractivity (Wildman–Crippen MR) is 156 cm³/mol. The fourth-order valence-corrected chi connectivity index (χ4v) is 6.02. The maximum absolute atomic E-state index is 6.07. The minimum Gasteiger partial charge on any atom is -0.488 e. The van der Waals surface area contributed by atoms with Crippen molar-refractivity contribution in [3.8, 4) is 5.75 Å². The van der Waals surface area contributed by atoms with Crippen LogP contribution in [0, 0.1) is 5.92 Å². The molecule has 0 aromatic heterocycles. The van der Waals surface area contributed by atoms with E-state index < -0.39 is 0 Å². The molecule has 5 heteroatoms. The average Bonchev–Trinajstić information content (AvgIpc) is 3.42. The summed E-state index contributed by atoms with van der Waals surface area (Å²) in [6.45, 7) is 0.456. The van der Waals surface area contributed by atoms with Gasteiger partial charge in [0.25, 0.3) is 0 Å². The van der Waals surface area contributed by atoms with Crippen molar-refractivity contribution in [1.29, 1.82) is 0 Å². The van der Waals surface area contributed by atoms with Gasteiger partial charge in [0.05, 0.1) is 16.2 Å². The molecule has 0 bridgehead atoms. The van der Waals surface area contributed by atoms with Crippen molar-refractivity contribution >= 4 is 45.1 Å². The fraction of sp³-hybridized carbons (Fsp3) is 0.156. The number of hydrogen-bond acceptors (Lipinski definition) is 3. The first-order valence-corrected chi connectivity index (χ1v) is 13.6. The van der Waals surface area contributed by atoms with Gasteiger partial charge in [0.1, 0.15) is 12.4 Å². The molecular weight excluding hydrogens is 544 g/mol. The van der Waals surface area contributed by atoms with Crippen LogP contribution in [0.5, 0.6) is 5.75 Å². The third-order valence-corrected chi connectivity index (χ3v) is 7.98. The van der Waals surface area contributed by atoms with E-state index in [2.05, 4.69) is 81.9 Å². The third kappa shape index (κ3) is 5.22. The fourth-order valence-electron chi connectivity index (χ4n) is 5.29. The van der Waals surface area contributed by atoms with E-state index in [1.807, 2.05) is 48.7 Å². The highest BCUT2D eigenvalue weighted by Crippen LogP contribution is 2.49. The van der Waals surface area contributed by atoms with E-state index in [0.717, 1.165) is 33.5 Å². The quantitative estimate of drug-likeness (QED) is 0.185. The molecule has 4 aromatic carbocycles. The number of para-hydroxylation sites is 1. The number of aliphatic imine (C=N–C) groups is 1. The zero-order valence-electron chi connectivity index (χ0n) is 20.1. The summed E-state index contributed by atoms with van der Waals surface area (Å²) in [4.78, 5) is 4.71. The van der Waals surface area contributed by atoms with E-state index in [4.69, 9.17) is 21.3 Å². The van der Waals surface area contributed by atoms with E-state index in [9.17, 15) is 0 Å². The van der Waals surface area contributed by atoms with Gasteiger partial charge < -0.3 is 10.1 Å². The molecule has 1 heterocycles. The first-order valence-electron chi connectivity index (χ1n) is 12.5. The SMILES string of the molecule is Clc1cccc(COc2ccc(C=Nc3ccc([C@@H]4Nc5ccccc5[C@@H]5C=CC[C@H]54)cc3)cc2Br)c1. The van der Waals surface area contributed by atoms with Crippen LogP contribution in [0.25, 0.3) is 0 Å². The topological polar surface area (TPSA) is 33.6 Å². The number of allylic oxidation sites excluding steroid dienone is 2. The summed E-state index contributed by atoms with van der Waals surface area (Å²) < 4.78 is 6.84. The van der Waals surface area contributed by atoms with Gasteiger partial charge in [-0.3, -0.25) is 4.99 Å². The lowest BCUT2D eigenvalue weighted by Gasteiger charge is -2.37. The minimum absolute atomic E-state index is 0.295. The molecule has 37 heavy (non-hydrogen) atoms. The Morgan fingerprint density at radius 3 is 2.68 bits per heavy atom. The molecule has 1 N–H and O–H groups in total. The van der Waals surface area contributed by atoms with Gasteiger partial charge in [0.15, 0.2) is 0 Å². The van der Waals surface area contributed by atoms with Crippen molar-refractivity contribution in [2.24, 2.45) is 10.9 Å². The van der Waals surface area contributed by atoms with Crippen molar-refractivity contribution in [1.82, 2.24) is 0 Å².